The number of hydrogen-bond donors (Lipinski definition) is 1. The fraction of sp³-hybridized carbons (Fsp3) is 1.00. The van der Waals surface area contributed by atoms with Crippen molar-refractivity contribution in [2.45, 2.75) is 135 Å². The Balaban J connectivity index is 0. The van der Waals surface area contributed by atoms with Crippen molar-refractivity contribution in [2.24, 2.45) is 0 Å². The van der Waals surface area contributed by atoms with Crippen LogP contribution >= 0.6 is 0 Å². The average molecular weight is 429 g/mol. The normalized spacial score (nSPS) is 12.7. The van der Waals surface area contributed by atoms with E-state index >= 15 is 0 Å². The molecule has 0 aromatic carbocycles. The predicted octanol–water partition coefficient (Wildman–Crippen LogP) is 3.33. The first kappa shape index (κ1) is 31.1. The van der Waals surface area contributed by atoms with Crippen LogP contribution in [-0.2, 0) is 10.1 Å². The van der Waals surface area contributed by atoms with E-state index in [1.54, 1.807) is 0 Å². The van der Waals surface area contributed by atoms with E-state index in [9.17, 15) is 18.1 Å². The summed E-state index contributed by atoms with van der Waals surface area (Å²) < 4.78 is 31.4. The molecule has 0 fully saturated rings. The Hall–Kier alpha value is 0.870. The van der Waals surface area contributed by atoms with E-state index in [1.165, 1.54) is 77.0 Å². The fourth-order valence-corrected chi connectivity index (χ4v) is 4.11. The molecule has 0 aliphatic heterocycles. The third-order valence-electron chi connectivity index (χ3n) is 5.32. The molecule has 0 spiro atoms. The number of aliphatic hydroxyl groups excluding tert-OH is 1. The van der Waals surface area contributed by atoms with Gasteiger partial charge in [-0.3, -0.25) is 0 Å². The first-order valence-corrected chi connectivity index (χ1v) is 13.1. The molecular formula is C22H45NaO4S. The zero-order chi connectivity index (χ0) is 20.2. The largest absolute Gasteiger partial charge is 1.00 e. The van der Waals surface area contributed by atoms with Gasteiger partial charge in [0.1, 0.15) is 0 Å². The second-order valence-electron chi connectivity index (χ2n) is 8.15. The van der Waals surface area contributed by atoms with Gasteiger partial charge in [-0.2, -0.15) is 0 Å². The van der Waals surface area contributed by atoms with E-state index < -0.39 is 10.1 Å². The molecule has 0 aromatic rings. The van der Waals surface area contributed by atoms with Gasteiger partial charge in [0, 0.05) is 5.75 Å². The number of unbranched alkanes of at least 4 members (excludes halogenated alkanes) is 15. The molecule has 1 N–H and O–H groups in total. The number of rotatable bonds is 21. The molecule has 0 amide bonds. The number of hydrogen-bond acceptors (Lipinski definition) is 4. The van der Waals surface area contributed by atoms with Gasteiger partial charge in [-0.05, 0) is 19.3 Å². The Labute approximate surface area is 197 Å². The summed E-state index contributed by atoms with van der Waals surface area (Å²) in [6.45, 7) is 2.23. The monoisotopic (exact) mass is 428 g/mol. The Morgan fingerprint density at radius 1 is 0.643 bits per heavy atom. The molecule has 0 saturated heterocycles. The maximum Gasteiger partial charge on any atom is 1.00 e. The van der Waals surface area contributed by atoms with Crippen LogP contribution in [0.15, 0.2) is 0 Å². The first-order valence-electron chi connectivity index (χ1n) is 11.6. The zero-order valence-corrected chi connectivity index (χ0v) is 21.6. The van der Waals surface area contributed by atoms with Gasteiger partial charge in [0.25, 0.3) is 0 Å². The molecule has 0 bridgehead atoms. The quantitative estimate of drug-likeness (QED) is 0.173. The maximum absolute atomic E-state index is 10.5. The van der Waals surface area contributed by atoms with Crippen molar-refractivity contribution in [3.05, 3.63) is 0 Å². The third kappa shape index (κ3) is 26.9. The van der Waals surface area contributed by atoms with E-state index in [1.807, 2.05) is 0 Å². The molecular weight excluding hydrogens is 383 g/mol. The Kier molecular flexibility index (Phi) is 25.0. The van der Waals surface area contributed by atoms with Gasteiger partial charge in [0.05, 0.1) is 16.2 Å². The molecule has 4 nitrogen and oxygen atoms in total. The van der Waals surface area contributed by atoms with Crippen LogP contribution in [0.2, 0.25) is 0 Å². The fourth-order valence-electron chi connectivity index (χ4n) is 3.55. The van der Waals surface area contributed by atoms with E-state index in [4.69, 9.17) is 0 Å². The summed E-state index contributed by atoms with van der Waals surface area (Å²) in [6.07, 6.45) is 21.8. The molecule has 0 radical (unpaired) electrons. The second kappa shape index (κ2) is 22.6. The number of aliphatic hydroxyl groups is 1. The molecule has 0 aromatic heterocycles. The molecule has 1 unspecified atom stereocenters. The van der Waals surface area contributed by atoms with Crippen molar-refractivity contribution in [1.82, 2.24) is 0 Å². The van der Waals surface area contributed by atoms with E-state index in [2.05, 4.69) is 6.92 Å². The summed E-state index contributed by atoms with van der Waals surface area (Å²) in [5, 5.41) is 9.98. The summed E-state index contributed by atoms with van der Waals surface area (Å²) in [6, 6.07) is 0. The topological polar surface area (TPSA) is 77.4 Å². The van der Waals surface area contributed by atoms with Crippen molar-refractivity contribution in [3.8, 4) is 0 Å². The molecule has 0 rings (SSSR count). The third-order valence-corrected chi connectivity index (χ3v) is 6.11. The molecule has 0 aliphatic carbocycles. The minimum atomic E-state index is -4.02. The SMILES string of the molecule is CCCCCCCC(O)CCCCCCCCCCCCCCS(=O)(=O)[O-].[Na+]. The maximum atomic E-state index is 10.5. The van der Waals surface area contributed by atoms with Gasteiger partial charge < -0.3 is 9.66 Å². The molecule has 0 saturated carbocycles. The van der Waals surface area contributed by atoms with E-state index in [0.717, 1.165) is 38.5 Å². The van der Waals surface area contributed by atoms with Gasteiger partial charge in [-0.15, -0.1) is 0 Å². The van der Waals surface area contributed by atoms with Gasteiger partial charge in [0.15, 0.2) is 0 Å². The smallest absolute Gasteiger partial charge is 0.748 e. The van der Waals surface area contributed by atoms with Gasteiger partial charge in [0.2, 0.25) is 0 Å². The summed E-state index contributed by atoms with van der Waals surface area (Å²) in [4.78, 5) is 0. The van der Waals surface area contributed by atoms with Gasteiger partial charge in [-0.1, -0.05) is 110 Å². The van der Waals surface area contributed by atoms with E-state index in [-0.39, 0.29) is 41.4 Å². The van der Waals surface area contributed by atoms with Crippen molar-refractivity contribution >= 4 is 10.1 Å². The second-order valence-corrected chi connectivity index (χ2v) is 9.67. The van der Waals surface area contributed by atoms with Crippen LogP contribution in [0, 0.1) is 0 Å². The van der Waals surface area contributed by atoms with Crippen LogP contribution in [0.5, 0.6) is 0 Å². The van der Waals surface area contributed by atoms with Crippen LogP contribution < -0.4 is 29.6 Å². The van der Waals surface area contributed by atoms with Crippen LogP contribution in [-0.4, -0.2) is 29.9 Å². The van der Waals surface area contributed by atoms with Crippen molar-refractivity contribution in [3.63, 3.8) is 0 Å². The van der Waals surface area contributed by atoms with Crippen LogP contribution in [0.4, 0.5) is 0 Å². The Morgan fingerprint density at radius 2 is 0.964 bits per heavy atom. The predicted molar refractivity (Wildman–Crippen MR) is 114 cm³/mol. The summed E-state index contributed by atoms with van der Waals surface area (Å²) >= 11 is 0. The van der Waals surface area contributed by atoms with Gasteiger partial charge in [-0.25, -0.2) is 8.42 Å². The molecule has 28 heavy (non-hydrogen) atoms. The summed E-state index contributed by atoms with van der Waals surface area (Å²) in [7, 11) is -4.02. The molecule has 1 atom stereocenters. The zero-order valence-electron chi connectivity index (χ0n) is 18.8. The summed E-state index contributed by atoms with van der Waals surface area (Å²) in [5.41, 5.74) is 0. The minimum Gasteiger partial charge on any atom is -0.748 e. The Morgan fingerprint density at radius 3 is 1.32 bits per heavy atom. The van der Waals surface area contributed by atoms with Crippen molar-refractivity contribution in [2.75, 3.05) is 5.75 Å². The van der Waals surface area contributed by atoms with Crippen molar-refractivity contribution < 1.29 is 47.6 Å². The van der Waals surface area contributed by atoms with Crippen LogP contribution in [0.25, 0.3) is 0 Å². The van der Waals surface area contributed by atoms with Gasteiger partial charge >= 0.3 is 29.6 Å². The molecule has 0 heterocycles. The standard InChI is InChI=1S/C22H46O4S.Na/c1-2-3-4-13-16-19-22(23)20-17-14-11-9-7-5-6-8-10-12-15-18-21-27(24,25)26;/h22-23H,2-21H2,1H3,(H,24,25,26);/q;+1/p-1. The Bertz CT molecular complexity index is 401. The minimum absolute atomic E-state index is 0. The first-order chi connectivity index (χ1) is 13.0. The summed E-state index contributed by atoms with van der Waals surface area (Å²) in [5.74, 6) is -0.205. The van der Waals surface area contributed by atoms with Crippen LogP contribution in [0.3, 0.4) is 0 Å². The van der Waals surface area contributed by atoms with Crippen LogP contribution in [0.1, 0.15) is 129 Å². The average Bonchev–Trinajstić information content (AvgIpc) is 2.61. The van der Waals surface area contributed by atoms with E-state index in [0.29, 0.717) is 6.42 Å². The van der Waals surface area contributed by atoms with Crippen molar-refractivity contribution in [1.29, 1.82) is 0 Å². The molecule has 164 valence electrons. The molecule has 0 aliphatic rings. The molecule has 6 heteroatoms.